The molecule has 0 radical (unpaired) electrons. The molecule has 0 saturated carbocycles. The first kappa shape index (κ1) is 16.5. The molecule has 3 nitrogen and oxygen atoms in total. The van der Waals surface area contributed by atoms with Crippen molar-refractivity contribution in [2.45, 2.75) is 32.7 Å². The van der Waals surface area contributed by atoms with Crippen LogP contribution in [-0.4, -0.2) is 28.6 Å². The number of imidazole rings is 1. The van der Waals surface area contributed by atoms with Gasteiger partial charge in [0.1, 0.15) is 11.6 Å². The van der Waals surface area contributed by atoms with Crippen molar-refractivity contribution in [2.24, 2.45) is 0 Å². The molecule has 1 heterocycles. The Bertz CT molecular complexity index is 601. The topological polar surface area (TPSA) is 27.1 Å². The molecule has 0 atom stereocenters. The SMILES string of the molecule is CCCCOCCn1c(CCCl)nc2cc(F)c(Cl)cc21. The van der Waals surface area contributed by atoms with Crippen molar-refractivity contribution in [2.75, 3.05) is 19.1 Å². The van der Waals surface area contributed by atoms with Gasteiger partial charge in [0.05, 0.1) is 22.7 Å². The van der Waals surface area contributed by atoms with E-state index < -0.39 is 5.82 Å². The van der Waals surface area contributed by atoms with E-state index in [1.807, 2.05) is 4.57 Å². The Morgan fingerprint density at radius 3 is 2.86 bits per heavy atom. The molecule has 0 aliphatic rings. The molecule has 116 valence electrons. The zero-order valence-corrected chi connectivity index (χ0v) is 13.6. The summed E-state index contributed by atoms with van der Waals surface area (Å²) in [6.07, 6.45) is 2.79. The van der Waals surface area contributed by atoms with Gasteiger partial charge in [-0.05, 0) is 12.5 Å². The second kappa shape index (κ2) is 7.97. The van der Waals surface area contributed by atoms with Crippen LogP contribution in [0.3, 0.4) is 0 Å². The average molecular weight is 333 g/mol. The highest BCUT2D eigenvalue weighted by molar-refractivity contribution is 6.31. The van der Waals surface area contributed by atoms with Crippen LogP contribution in [-0.2, 0) is 17.7 Å². The summed E-state index contributed by atoms with van der Waals surface area (Å²) in [6.45, 7) is 4.13. The van der Waals surface area contributed by atoms with E-state index in [-0.39, 0.29) is 5.02 Å². The number of benzene rings is 1. The highest BCUT2D eigenvalue weighted by Crippen LogP contribution is 2.24. The molecule has 6 heteroatoms. The van der Waals surface area contributed by atoms with Crippen molar-refractivity contribution in [3.05, 3.63) is 28.8 Å². The number of ether oxygens (including phenoxy) is 1. The lowest BCUT2D eigenvalue weighted by molar-refractivity contribution is 0.123. The summed E-state index contributed by atoms with van der Waals surface area (Å²) in [5.74, 6) is 0.849. The molecule has 21 heavy (non-hydrogen) atoms. The number of alkyl halides is 1. The molecule has 2 aromatic rings. The van der Waals surface area contributed by atoms with Crippen molar-refractivity contribution in [1.29, 1.82) is 0 Å². The Morgan fingerprint density at radius 1 is 1.33 bits per heavy atom. The molecule has 0 unspecified atom stereocenters. The van der Waals surface area contributed by atoms with E-state index in [2.05, 4.69) is 11.9 Å². The minimum atomic E-state index is -0.453. The number of halogens is 3. The van der Waals surface area contributed by atoms with E-state index in [1.165, 1.54) is 6.07 Å². The fraction of sp³-hybridized carbons (Fsp3) is 0.533. The van der Waals surface area contributed by atoms with Crippen LogP contribution in [0.1, 0.15) is 25.6 Å². The van der Waals surface area contributed by atoms with Crippen LogP contribution < -0.4 is 0 Å². The molecule has 0 fully saturated rings. The van der Waals surface area contributed by atoms with E-state index in [4.69, 9.17) is 27.9 Å². The van der Waals surface area contributed by atoms with Gasteiger partial charge in [0.15, 0.2) is 0 Å². The molecule has 0 aliphatic carbocycles. The highest BCUT2D eigenvalue weighted by atomic mass is 35.5. The zero-order chi connectivity index (χ0) is 15.2. The van der Waals surface area contributed by atoms with Gasteiger partial charge < -0.3 is 9.30 Å². The van der Waals surface area contributed by atoms with Crippen molar-refractivity contribution in [3.8, 4) is 0 Å². The van der Waals surface area contributed by atoms with Crippen molar-refractivity contribution in [3.63, 3.8) is 0 Å². The largest absolute Gasteiger partial charge is 0.380 e. The Labute approximate surface area is 134 Å². The summed E-state index contributed by atoms with van der Waals surface area (Å²) < 4.78 is 21.1. The molecule has 0 aliphatic heterocycles. The average Bonchev–Trinajstić information content (AvgIpc) is 2.77. The van der Waals surface area contributed by atoms with Gasteiger partial charge in [-0.3, -0.25) is 0 Å². The molecule has 0 saturated heterocycles. The molecular weight excluding hydrogens is 314 g/mol. The lowest BCUT2D eigenvalue weighted by Crippen LogP contribution is -2.10. The first-order valence-electron chi connectivity index (χ1n) is 7.15. The highest BCUT2D eigenvalue weighted by Gasteiger charge is 2.13. The molecule has 1 aromatic heterocycles. The van der Waals surface area contributed by atoms with E-state index in [9.17, 15) is 4.39 Å². The Kier molecular flexibility index (Phi) is 6.27. The van der Waals surface area contributed by atoms with Gasteiger partial charge in [-0.1, -0.05) is 24.9 Å². The third kappa shape index (κ3) is 4.09. The van der Waals surface area contributed by atoms with E-state index in [1.54, 1.807) is 6.07 Å². The summed E-state index contributed by atoms with van der Waals surface area (Å²) in [6, 6.07) is 2.98. The van der Waals surface area contributed by atoms with Crippen LogP contribution in [0.2, 0.25) is 5.02 Å². The van der Waals surface area contributed by atoms with Gasteiger partial charge >= 0.3 is 0 Å². The summed E-state index contributed by atoms with van der Waals surface area (Å²) in [5, 5.41) is 0.105. The Balaban J connectivity index is 2.21. The third-order valence-corrected chi connectivity index (χ3v) is 3.77. The third-order valence-electron chi connectivity index (χ3n) is 3.29. The van der Waals surface area contributed by atoms with Gasteiger partial charge in [0.25, 0.3) is 0 Å². The van der Waals surface area contributed by atoms with Gasteiger partial charge in [-0.15, -0.1) is 11.6 Å². The molecule has 0 amide bonds. The van der Waals surface area contributed by atoms with Crippen molar-refractivity contribution in [1.82, 2.24) is 9.55 Å². The van der Waals surface area contributed by atoms with Gasteiger partial charge in [0.2, 0.25) is 0 Å². The number of rotatable bonds is 8. The number of aryl methyl sites for hydroxylation is 1. The van der Waals surface area contributed by atoms with Crippen molar-refractivity contribution >= 4 is 34.2 Å². The van der Waals surface area contributed by atoms with Crippen LogP contribution in [0.5, 0.6) is 0 Å². The van der Waals surface area contributed by atoms with Gasteiger partial charge in [-0.2, -0.15) is 0 Å². The molecule has 2 rings (SSSR count). The lowest BCUT2D eigenvalue weighted by atomic mass is 10.3. The molecule has 0 spiro atoms. The second-order valence-corrected chi connectivity index (χ2v) is 5.62. The number of unbranched alkanes of at least 4 members (excludes halogenated alkanes) is 1. The van der Waals surface area contributed by atoms with Crippen LogP contribution >= 0.6 is 23.2 Å². The number of hydrogen-bond acceptors (Lipinski definition) is 2. The molecular formula is C15H19Cl2FN2O. The number of nitrogens with zero attached hydrogens (tertiary/aromatic N) is 2. The number of aromatic nitrogens is 2. The standard InChI is InChI=1S/C15H19Cl2FN2O/c1-2-3-7-21-8-6-20-14-9-11(17)12(18)10-13(14)19-15(20)4-5-16/h9-10H,2-8H2,1H3. The van der Waals surface area contributed by atoms with E-state index in [0.29, 0.717) is 31.0 Å². The van der Waals surface area contributed by atoms with Crippen LogP contribution in [0.25, 0.3) is 11.0 Å². The fourth-order valence-electron chi connectivity index (χ4n) is 2.20. The predicted octanol–water partition coefficient (Wildman–Crippen LogP) is 4.43. The van der Waals surface area contributed by atoms with Crippen molar-refractivity contribution < 1.29 is 9.13 Å². The molecule has 0 N–H and O–H groups in total. The first-order valence-corrected chi connectivity index (χ1v) is 8.06. The maximum Gasteiger partial charge on any atom is 0.144 e. The smallest absolute Gasteiger partial charge is 0.144 e. The summed E-state index contributed by atoms with van der Waals surface area (Å²) >= 11 is 11.7. The first-order chi connectivity index (χ1) is 10.2. The zero-order valence-electron chi connectivity index (χ0n) is 12.0. The van der Waals surface area contributed by atoms with Crippen LogP contribution in [0.15, 0.2) is 12.1 Å². The lowest BCUT2D eigenvalue weighted by Gasteiger charge is -2.09. The normalized spacial score (nSPS) is 11.4. The second-order valence-electron chi connectivity index (χ2n) is 4.84. The summed E-state index contributed by atoms with van der Waals surface area (Å²) in [7, 11) is 0. The monoisotopic (exact) mass is 332 g/mol. The minimum absolute atomic E-state index is 0.105. The molecule has 1 aromatic carbocycles. The minimum Gasteiger partial charge on any atom is -0.380 e. The summed E-state index contributed by atoms with van der Waals surface area (Å²) in [5.41, 5.74) is 1.42. The van der Waals surface area contributed by atoms with E-state index >= 15 is 0 Å². The molecule has 0 bridgehead atoms. The fourth-order valence-corrected chi connectivity index (χ4v) is 2.53. The maximum absolute atomic E-state index is 13.5. The summed E-state index contributed by atoms with van der Waals surface area (Å²) in [4.78, 5) is 4.44. The van der Waals surface area contributed by atoms with Crippen LogP contribution in [0.4, 0.5) is 4.39 Å². The van der Waals surface area contributed by atoms with Gasteiger partial charge in [0, 0.05) is 31.5 Å². The van der Waals surface area contributed by atoms with Gasteiger partial charge in [-0.25, -0.2) is 9.37 Å². The number of hydrogen-bond donors (Lipinski definition) is 0. The predicted molar refractivity (Wildman–Crippen MR) is 84.9 cm³/mol. The Morgan fingerprint density at radius 2 is 2.14 bits per heavy atom. The van der Waals surface area contributed by atoms with E-state index in [0.717, 1.165) is 30.8 Å². The quantitative estimate of drug-likeness (QED) is 0.528. The number of fused-ring (bicyclic) bond motifs is 1. The van der Waals surface area contributed by atoms with Crippen LogP contribution in [0, 0.1) is 5.82 Å². The Hall–Kier alpha value is -0.840. The maximum atomic E-state index is 13.5.